The molecule has 2 aliphatic rings. The average molecular weight is 444 g/mol. The van der Waals surface area contributed by atoms with E-state index >= 15 is 0 Å². The number of hydrogen-bond donors (Lipinski definition) is 1. The van der Waals surface area contributed by atoms with Crippen LogP contribution in [0.15, 0.2) is 22.7 Å². The highest BCUT2D eigenvalue weighted by Crippen LogP contribution is 2.30. The number of carbonyl (C=O) groups excluding carboxylic acids is 1. The zero-order valence-electron chi connectivity index (χ0n) is 17.3. The molecule has 0 bridgehead atoms. The smallest absolute Gasteiger partial charge is 0.231 e. The average Bonchev–Trinajstić information content (AvgIpc) is 3.45. The Morgan fingerprint density at radius 2 is 2.06 bits per heavy atom. The molecule has 1 N–H and O–H groups in total. The summed E-state index contributed by atoms with van der Waals surface area (Å²) >= 11 is 6.04. The Balaban J connectivity index is 1.18. The molecule has 0 radical (unpaired) electrons. The molecular formula is C22H26ClN5O3. The molecular weight excluding hydrogens is 418 g/mol. The molecule has 2 fully saturated rings. The van der Waals surface area contributed by atoms with Crippen molar-refractivity contribution in [3.05, 3.63) is 40.8 Å². The van der Waals surface area contributed by atoms with E-state index in [9.17, 15) is 4.79 Å². The summed E-state index contributed by atoms with van der Waals surface area (Å²) in [5.41, 5.74) is 1.76. The number of amides is 1. The molecule has 2 saturated heterocycles. The maximum Gasteiger partial charge on any atom is 0.231 e. The van der Waals surface area contributed by atoms with Gasteiger partial charge in [0.15, 0.2) is 5.82 Å². The molecule has 1 amide bonds. The second kappa shape index (κ2) is 8.96. The van der Waals surface area contributed by atoms with Crippen LogP contribution in [0.1, 0.15) is 61.5 Å². The number of H-pyrrole nitrogens is 1. The number of carbonyl (C=O) groups is 1. The number of ether oxygens (including phenoxy) is 1. The first kappa shape index (κ1) is 20.5. The molecule has 2 aliphatic heterocycles. The van der Waals surface area contributed by atoms with Crippen LogP contribution in [0.3, 0.4) is 0 Å². The molecule has 1 aromatic carbocycles. The highest BCUT2D eigenvalue weighted by molar-refractivity contribution is 6.31. The lowest BCUT2D eigenvalue weighted by Gasteiger charge is -2.31. The summed E-state index contributed by atoms with van der Waals surface area (Å²) in [5, 5.41) is 4.89. The van der Waals surface area contributed by atoms with E-state index in [1.165, 1.54) is 0 Å². The Labute approximate surface area is 185 Å². The van der Waals surface area contributed by atoms with Crippen molar-refractivity contribution in [2.24, 2.45) is 0 Å². The summed E-state index contributed by atoms with van der Waals surface area (Å²) in [7, 11) is 0. The maximum absolute atomic E-state index is 12.9. The minimum absolute atomic E-state index is 0.104. The van der Waals surface area contributed by atoms with Gasteiger partial charge in [-0.15, -0.1) is 0 Å². The van der Waals surface area contributed by atoms with Gasteiger partial charge in [0.1, 0.15) is 5.82 Å². The van der Waals surface area contributed by atoms with E-state index in [0.29, 0.717) is 36.2 Å². The van der Waals surface area contributed by atoms with Crippen molar-refractivity contribution in [1.82, 2.24) is 25.0 Å². The summed E-state index contributed by atoms with van der Waals surface area (Å²) in [4.78, 5) is 27.3. The first-order valence-electron chi connectivity index (χ1n) is 11.0. The van der Waals surface area contributed by atoms with Gasteiger partial charge >= 0.3 is 0 Å². The largest absolute Gasteiger partial charge is 0.381 e. The molecule has 0 aliphatic carbocycles. The molecule has 164 valence electrons. The Hall–Kier alpha value is -2.45. The third-order valence-corrected chi connectivity index (χ3v) is 6.47. The van der Waals surface area contributed by atoms with E-state index in [2.05, 4.69) is 20.1 Å². The van der Waals surface area contributed by atoms with E-state index in [4.69, 9.17) is 20.9 Å². The molecule has 1 atom stereocenters. The van der Waals surface area contributed by atoms with Crippen molar-refractivity contribution in [3.8, 4) is 0 Å². The number of likely N-dealkylation sites (tertiary alicyclic amines) is 1. The van der Waals surface area contributed by atoms with Gasteiger partial charge in [-0.25, -0.2) is 4.98 Å². The van der Waals surface area contributed by atoms with E-state index in [0.717, 1.165) is 68.1 Å². The normalized spacial score (nSPS) is 20.4. The highest BCUT2D eigenvalue weighted by Gasteiger charge is 2.30. The highest BCUT2D eigenvalue weighted by atomic mass is 35.5. The SMILES string of the molecule is O=C(CCc1nc2ccc(Cl)cc2[nH]1)N1CCCC(c2nc(C3CCOCC3)no2)C1. The second-order valence-corrected chi connectivity index (χ2v) is 8.84. The maximum atomic E-state index is 12.9. The molecule has 0 spiro atoms. The topological polar surface area (TPSA) is 97.1 Å². The Morgan fingerprint density at radius 1 is 1.19 bits per heavy atom. The zero-order chi connectivity index (χ0) is 21.2. The number of aromatic nitrogens is 4. The molecule has 0 saturated carbocycles. The lowest BCUT2D eigenvalue weighted by molar-refractivity contribution is -0.132. The number of benzene rings is 1. The number of nitrogens with zero attached hydrogens (tertiary/aromatic N) is 4. The van der Waals surface area contributed by atoms with Crippen molar-refractivity contribution < 1.29 is 14.1 Å². The van der Waals surface area contributed by atoms with Crippen LogP contribution in [0.25, 0.3) is 11.0 Å². The van der Waals surface area contributed by atoms with Crippen molar-refractivity contribution >= 4 is 28.5 Å². The number of rotatable bonds is 5. The van der Waals surface area contributed by atoms with Gasteiger partial charge in [0, 0.05) is 50.1 Å². The molecule has 2 aromatic heterocycles. The molecule has 8 nitrogen and oxygen atoms in total. The van der Waals surface area contributed by atoms with Crippen molar-refractivity contribution in [1.29, 1.82) is 0 Å². The second-order valence-electron chi connectivity index (χ2n) is 8.40. The molecule has 3 aromatic rings. The Morgan fingerprint density at radius 3 is 2.94 bits per heavy atom. The Bertz CT molecular complexity index is 1060. The van der Waals surface area contributed by atoms with Gasteiger partial charge in [0.2, 0.25) is 11.8 Å². The van der Waals surface area contributed by atoms with E-state index in [1.807, 2.05) is 23.1 Å². The van der Waals surface area contributed by atoms with Crippen molar-refractivity contribution in [3.63, 3.8) is 0 Å². The number of aromatic amines is 1. The molecule has 31 heavy (non-hydrogen) atoms. The quantitative estimate of drug-likeness (QED) is 0.643. The van der Waals surface area contributed by atoms with Crippen LogP contribution < -0.4 is 0 Å². The monoisotopic (exact) mass is 443 g/mol. The summed E-state index contributed by atoms with van der Waals surface area (Å²) in [6.07, 6.45) is 4.75. The molecule has 5 rings (SSSR count). The third-order valence-electron chi connectivity index (χ3n) is 6.24. The van der Waals surface area contributed by atoms with Crippen molar-refractivity contribution in [2.45, 2.75) is 50.4 Å². The van der Waals surface area contributed by atoms with Crippen LogP contribution >= 0.6 is 11.6 Å². The minimum atomic E-state index is 0.104. The number of fused-ring (bicyclic) bond motifs is 1. The number of piperidine rings is 1. The fraction of sp³-hybridized carbons (Fsp3) is 0.545. The van der Waals surface area contributed by atoms with Crippen molar-refractivity contribution in [2.75, 3.05) is 26.3 Å². The van der Waals surface area contributed by atoms with Crippen LogP contribution in [-0.4, -0.2) is 57.2 Å². The number of imidazole rings is 1. The summed E-state index contributed by atoms with van der Waals surface area (Å²) in [6, 6.07) is 5.55. The van der Waals surface area contributed by atoms with Crippen LogP contribution in [-0.2, 0) is 16.0 Å². The fourth-order valence-electron chi connectivity index (χ4n) is 4.48. The third kappa shape index (κ3) is 4.60. The number of nitrogens with one attached hydrogen (secondary N) is 1. The lowest BCUT2D eigenvalue weighted by atomic mass is 9.97. The van der Waals surface area contributed by atoms with Gasteiger partial charge in [0.25, 0.3) is 0 Å². The molecule has 9 heteroatoms. The minimum Gasteiger partial charge on any atom is -0.381 e. The molecule has 1 unspecified atom stereocenters. The fourth-order valence-corrected chi connectivity index (χ4v) is 4.65. The predicted octanol–water partition coefficient (Wildman–Crippen LogP) is 3.83. The summed E-state index contributed by atoms with van der Waals surface area (Å²) < 4.78 is 11.0. The zero-order valence-corrected chi connectivity index (χ0v) is 18.1. The van der Waals surface area contributed by atoms with Gasteiger partial charge in [-0.2, -0.15) is 4.98 Å². The van der Waals surface area contributed by atoms with Gasteiger partial charge in [-0.3, -0.25) is 4.79 Å². The summed E-state index contributed by atoms with van der Waals surface area (Å²) in [6.45, 7) is 2.90. The lowest BCUT2D eigenvalue weighted by Crippen LogP contribution is -2.39. The van der Waals surface area contributed by atoms with Crippen LogP contribution in [0, 0.1) is 0 Å². The van der Waals surface area contributed by atoms with Crippen LogP contribution in [0.4, 0.5) is 0 Å². The Kier molecular flexibility index (Phi) is 5.91. The predicted molar refractivity (Wildman–Crippen MR) is 115 cm³/mol. The van der Waals surface area contributed by atoms with Gasteiger partial charge in [-0.05, 0) is 43.9 Å². The number of hydrogen-bond acceptors (Lipinski definition) is 6. The number of aryl methyl sites for hydroxylation is 1. The van der Waals surface area contributed by atoms with E-state index < -0.39 is 0 Å². The summed E-state index contributed by atoms with van der Waals surface area (Å²) in [5.74, 6) is 2.79. The van der Waals surface area contributed by atoms with E-state index in [1.54, 1.807) is 0 Å². The van der Waals surface area contributed by atoms with Crippen LogP contribution in [0.2, 0.25) is 5.02 Å². The van der Waals surface area contributed by atoms with Gasteiger partial charge < -0.3 is 19.1 Å². The number of halogens is 1. The van der Waals surface area contributed by atoms with Crippen LogP contribution in [0.5, 0.6) is 0 Å². The molecule has 4 heterocycles. The van der Waals surface area contributed by atoms with Gasteiger partial charge in [-0.1, -0.05) is 16.8 Å². The standard InChI is InChI=1S/C22H26ClN5O3/c23-16-3-4-17-18(12-16)25-19(24-17)5-6-20(29)28-9-1-2-15(13-28)22-26-21(27-31-22)14-7-10-30-11-8-14/h3-4,12,14-15H,1-2,5-11,13H2,(H,24,25). The first-order chi connectivity index (χ1) is 15.2. The van der Waals surface area contributed by atoms with E-state index in [-0.39, 0.29) is 11.8 Å². The van der Waals surface area contributed by atoms with Gasteiger partial charge in [0.05, 0.1) is 17.0 Å². The first-order valence-corrected chi connectivity index (χ1v) is 11.4.